The first-order valence-electron chi connectivity index (χ1n) is 6.19. The van der Waals surface area contributed by atoms with Crippen LogP contribution < -0.4 is 0 Å². The van der Waals surface area contributed by atoms with Gasteiger partial charge in [0.1, 0.15) is 0 Å². The third-order valence-corrected chi connectivity index (χ3v) is 5.27. The van der Waals surface area contributed by atoms with Gasteiger partial charge in [-0.25, -0.2) is 0 Å². The van der Waals surface area contributed by atoms with Crippen LogP contribution in [0.4, 0.5) is 0 Å². The second-order valence-corrected chi connectivity index (χ2v) is 7.22. The smallest absolute Gasteiger partial charge is 0.0687 e. The number of aryl methyl sites for hydroxylation is 2. The summed E-state index contributed by atoms with van der Waals surface area (Å²) in [6, 6.07) is 12.7. The van der Waals surface area contributed by atoms with E-state index in [-0.39, 0.29) is 10.8 Å². The minimum absolute atomic E-state index is 0.00449. The molecule has 1 atom stereocenters. The molecule has 18 heavy (non-hydrogen) atoms. The molecule has 2 rings (SSSR count). The Morgan fingerprint density at radius 3 is 2.22 bits per heavy atom. The number of hydrogen-bond donors (Lipinski definition) is 0. The van der Waals surface area contributed by atoms with Gasteiger partial charge in [-0.05, 0) is 31.0 Å². The Labute approximate surface area is 119 Å². The molecule has 0 aliphatic heterocycles. The summed E-state index contributed by atoms with van der Waals surface area (Å²) in [5.74, 6) is 0. The predicted molar refractivity (Wildman–Crippen MR) is 81.9 cm³/mol. The van der Waals surface area contributed by atoms with E-state index in [1.807, 2.05) is 17.4 Å². The molecule has 2 heteroatoms. The summed E-state index contributed by atoms with van der Waals surface area (Å²) in [6.45, 7) is 8.72. The zero-order valence-corrected chi connectivity index (χ0v) is 12.9. The molecule has 0 fully saturated rings. The molecular formula is C16H19ClS. The van der Waals surface area contributed by atoms with Crippen LogP contribution in [0.2, 0.25) is 0 Å². The molecule has 1 unspecified atom stereocenters. The first-order chi connectivity index (χ1) is 8.43. The summed E-state index contributed by atoms with van der Waals surface area (Å²) >= 11 is 8.58. The molecule has 0 N–H and O–H groups in total. The Balaban J connectivity index is 2.39. The fraction of sp³-hybridized carbons (Fsp3) is 0.375. The summed E-state index contributed by atoms with van der Waals surface area (Å²) in [7, 11) is 0. The first-order valence-corrected chi connectivity index (χ1v) is 7.44. The van der Waals surface area contributed by atoms with Crippen molar-refractivity contribution in [2.24, 2.45) is 0 Å². The van der Waals surface area contributed by atoms with Crippen molar-refractivity contribution in [3.8, 4) is 0 Å². The van der Waals surface area contributed by atoms with Gasteiger partial charge in [-0.15, -0.1) is 22.9 Å². The minimum atomic E-state index is -0.0684. The lowest BCUT2D eigenvalue weighted by molar-refractivity contribution is 0.504. The Hall–Kier alpha value is -0.790. The first kappa shape index (κ1) is 13.6. The molecular weight excluding hydrogens is 260 g/mol. The van der Waals surface area contributed by atoms with Gasteiger partial charge in [0.25, 0.3) is 0 Å². The Morgan fingerprint density at radius 2 is 1.72 bits per heavy atom. The zero-order valence-electron chi connectivity index (χ0n) is 11.3. The molecule has 0 nitrogen and oxygen atoms in total. The van der Waals surface area contributed by atoms with E-state index >= 15 is 0 Å². The quantitative estimate of drug-likeness (QED) is 0.639. The van der Waals surface area contributed by atoms with Crippen LogP contribution in [0.15, 0.2) is 36.4 Å². The average Bonchev–Trinajstić information content (AvgIpc) is 2.68. The highest BCUT2D eigenvalue weighted by molar-refractivity contribution is 7.12. The number of hydrogen-bond acceptors (Lipinski definition) is 1. The normalized spacial score (nSPS) is 13.6. The van der Waals surface area contributed by atoms with Crippen molar-refractivity contribution < 1.29 is 0 Å². The lowest BCUT2D eigenvalue weighted by Crippen LogP contribution is -2.23. The van der Waals surface area contributed by atoms with Crippen LogP contribution in [0.5, 0.6) is 0 Å². The topological polar surface area (TPSA) is 0 Å². The highest BCUT2D eigenvalue weighted by Crippen LogP contribution is 2.44. The van der Waals surface area contributed by atoms with Gasteiger partial charge >= 0.3 is 0 Å². The number of benzene rings is 1. The van der Waals surface area contributed by atoms with Crippen LogP contribution >= 0.6 is 22.9 Å². The van der Waals surface area contributed by atoms with Gasteiger partial charge in [0.2, 0.25) is 0 Å². The summed E-state index contributed by atoms with van der Waals surface area (Å²) in [5, 5.41) is 0.00449. The third-order valence-electron chi connectivity index (χ3n) is 3.50. The zero-order chi connectivity index (χ0) is 13.3. The van der Waals surface area contributed by atoms with E-state index in [1.54, 1.807) is 0 Å². The molecule has 2 aromatic rings. The number of halogens is 1. The van der Waals surface area contributed by atoms with Crippen LogP contribution in [0, 0.1) is 13.8 Å². The number of alkyl halides is 1. The maximum Gasteiger partial charge on any atom is 0.0687 e. The van der Waals surface area contributed by atoms with Crippen LogP contribution in [-0.2, 0) is 5.41 Å². The molecule has 0 bridgehead atoms. The van der Waals surface area contributed by atoms with Gasteiger partial charge in [-0.2, -0.15) is 0 Å². The Morgan fingerprint density at radius 1 is 1.11 bits per heavy atom. The largest absolute Gasteiger partial charge is 0.146 e. The fourth-order valence-corrected chi connectivity index (χ4v) is 3.69. The molecule has 0 amide bonds. The van der Waals surface area contributed by atoms with Crippen LogP contribution in [0.1, 0.15) is 40.1 Å². The summed E-state index contributed by atoms with van der Waals surface area (Å²) in [4.78, 5) is 2.66. The molecule has 0 aliphatic rings. The molecule has 0 aliphatic carbocycles. The molecule has 1 aromatic heterocycles. The van der Waals surface area contributed by atoms with Crippen molar-refractivity contribution in [2.75, 3.05) is 0 Å². The van der Waals surface area contributed by atoms with Gasteiger partial charge in [-0.3, -0.25) is 0 Å². The van der Waals surface area contributed by atoms with Gasteiger partial charge in [0.05, 0.1) is 5.38 Å². The summed E-state index contributed by atoms with van der Waals surface area (Å²) in [6.07, 6.45) is 0. The van der Waals surface area contributed by atoms with E-state index in [9.17, 15) is 0 Å². The van der Waals surface area contributed by atoms with Crippen LogP contribution in [-0.4, -0.2) is 0 Å². The van der Waals surface area contributed by atoms with Crippen LogP contribution in [0.25, 0.3) is 0 Å². The van der Waals surface area contributed by atoms with Crippen molar-refractivity contribution in [1.82, 2.24) is 0 Å². The molecule has 0 saturated heterocycles. The molecule has 0 radical (unpaired) electrons. The van der Waals surface area contributed by atoms with Gasteiger partial charge in [0, 0.05) is 15.2 Å². The van der Waals surface area contributed by atoms with Crippen LogP contribution in [0.3, 0.4) is 0 Å². The highest BCUT2D eigenvalue weighted by Gasteiger charge is 2.32. The van der Waals surface area contributed by atoms with Crippen molar-refractivity contribution in [3.05, 3.63) is 57.3 Å². The number of rotatable bonds is 3. The molecule has 1 heterocycles. The van der Waals surface area contributed by atoms with Gasteiger partial charge in [0.15, 0.2) is 0 Å². The fourth-order valence-electron chi connectivity index (χ4n) is 2.30. The van der Waals surface area contributed by atoms with E-state index in [0.717, 1.165) is 0 Å². The van der Waals surface area contributed by atoms with Gasteiger partial charge in [-0.1, -0.05) is 44.2 Å². The SMILES string of the molecule is Cc1cc(C(Cl)C(C)(C)c2ccccc2)c(C)s1. The van der Waals surface area contributed by atoms with E-state index in [0.29, 0.717) is 0 Å². The molecule has 1 aromatic carbocycles. The maximum absolute atomic E-state index is 6.76. The standard InChI is InChI=1S/C16H19ClS/c1-11-10-14(12(2)18-11)15(17)16(3,4)13-8-6-5-7-9-13/h5-10,15H,1-4H3. The average molecular weight is 279 g/mol. The monoisotopic (exact) mass is 278 g/mol. The van der Waals surface area contributed by atoms with E-state index in [1.165, 1.54) is 20.9 Å². The summed E-state index contributed by atoms with van der Waals surface area (Å²) in [5.41, 5.74) is 2.49. The van der Waals surface area contributed by atoms with Crippen molar-refractivity contribution in [2.45, 2.75) is 38.5 Å². The molecule has 96 valence electrons. The van der Waals surface area contributed by atoms with E-state index in [2.05, 4.69) is 58.0 Å². The lowest BCUT2D eigenvalue weighted by atomic mass is 9.79. The third kappa shape index (κ3) is 2.48. The van der Waals surface area contributed by atoms with Gasteiger partial charge < -0.3 is 0 Å². The number of thiophene rings is 1. The maximum atomic E-state index is 6.76. The van der Waals surface area contributed by atoms with E-state index < -0.39 is 0 Å². The highest BCUT2D eigenvalue weighted by atomic mass is 35.5. The Bertz CT molecular complexity index is 525. The lowest BCUT2D eigenvalue weighted by Gasteiger charge is -2.31. The second kappa shape index (κ2) is 5.07. The van der Waals surface area contributed by atoms with Crippen molar-refractivity contribution in [3.63, 3.8) is 0 Å². The van der Waals surface area contributed by atoms with Crippen molar-refractivity contribution in [1.29, 1.82) is 0 Å². The second-order valence-electron chi connectivity index (χ2n) is 5.32. The molecule has 0 spiro atoms. The minimum Gasteiger partial charge on any atom is -0.146 e. The van der Waals surface area contributed by atoms with Crippen molar-refractivity contribution >= 4 is 22.9 Å². The Kier molecular flexibility index (Phi) is 3.84. The predicted octanol–water partition coefficient (Wildman–Crippen LogP) is 5.62. The summed E-state index contributed by atoms with van der Waals surface area (Å²) < 4.78 is 0. The molecule has 0 saturated carbocycles. The van der Waals surface area contributed by atoms with E-state index in [4.69, 9.17) is 11.6 Å².